The highest BCUT2D eigenvalue weighted by Gasteiger charge is 2.30. The van der Waals surface area contributed by atoms with Crippen LogP contribution in [0, 0.1) is 38.0 Å². The standard InChI is InChI=1S/C20H23N5O4/c1-11-9-12(2)23-20(22-11)25-7-5-14(6-8-25)17(26)24-18-15(10-21)16(13(3)29-18)19(27)28-4/h9,14H,5-8H2,1-4H3,(H,24,26). The maximum atomic E-state index is 12.7. The van der Waals surface area contributed by atoms with Gasteiger partial charge in [0.2, 0.25) is 17.7 Å². The zero-order valence-electron chi connectivity index (χ0n) is 16.9. The van der Waals surface area contributed by atoms with Crippen molar-refractivity contribution in [3.05, 3.63) is 34.3 Å². The van der Waals surface area contributed by atoms with Crippen LogP contribution in [0.15, 0.2) is 10.5 Å². The molecule has 0 saturated carbocycles. The van der Waals surface area contributed by atoms with Crippen molar-refractivity contribution < 1.29 is 18.7 Å². The summed E-state index contributed by atoms with van der Waals surface area (Å²) in [6.45, 7) is 6.70. The second-order valence-electron chi connectivity index (χ2n) is 7.04. The van der Waals surface area contributed by atoms with Gasteiger partial charge >= 0.3 is 5.97 Å². The zero-order valence-corrected chi connectivity index (χ0v) is 16.9. The zero-order chi connectivity index (χ0) is 21.1. The maximum absolute atomic E-state index is 12.7. The summed E-state index contributed by atoms with van der Waals surface area (Å²) in [4.78, 5) is 35.6. The van der Waals surface area contributed by atoms with Crippen LogP contribution in [0.2, 0.25) is 0 Å². The van der Waals surface area contributed by atoms with Gasteiger partial charge in [0.15, 0.2) is 0 Å². The maximum Gasteiger partial charge on any atom is 0.342 e. The van der Waals surface area contributed by atoms with E-state index in [9.17, 15) is 14.9 Å². The number of ether oxygens (including phenoxy) is 1. The minimum atomic E-state index is -0.676. The molecule has 3 heterocycles. The summed E-state index contributed by atoms with van der Waals surface area (Å²) in [5.41, 5.74) is 1.83. The normalized spacial score (nSPS) is 14.4. The van der Waals surface area contributed by atoms with Crippen LogP contribution in [0.5, 0.6) is 0 Å². The Morgan fingerprint density at radius 1 is 1.24 bits per heavy atom. The van der Waals surface area contributed by atoms with Gasteiger partial charge in [-0.1, -0.05) is 0 Å². The summed E-state index contributed by atoms with van der Waals surface area (Å²) >= 11 is 0. The Bertz CT molecular complexity index is 963. The number of aromatic nitrogens is 2. The minimum absolute atomic E-state index is 0.0181. The van der Waals surface area contributed by atoms with Crippen LogP contribution in [-0.4, -0.2) is 42.0 Å². The van der Waals surface area contributed by atoms with E-state index in [1.54, 1.807) is 6.92 Å². The molecular formula is C20H23N5O4. The van der Waals surface area contributed by atoms with Gasteiger partial charge in [0.05, 0.1) is 7.11 Å². The molecule has 0 spiro atoms. The van der Waals surface area contributed by atoms with Crippen molar-refractivity contribution in [2.24, 2.45) is 5.92 Å². The van der Waals surface area contributed by atoms with Crippen molar-refractivity contribution >= 4 is 23.7 Å². The molecule has 2 aromatic rings. The SMILES string of the molecule is COC(=O)c1c(C)oc(NC(=O)C2CCN(c3nc(C)cc(C)n3)CC2)c1C#N. The quantitative estimate of drug-likeness (QED) is 0.781. The van der Waals surface area contributed by atoms with Crippen LogP contribution in [0.1, 0.15) is 45.9 Å². The van der Waals surface area contributed by atoms with Gasteiger partial charge < -0.3 is 14.1 Å². The first-order valence-electron chi connectivity index (χ1n) is 9.34. The second kappa shape index (κ2) is 8.31. The Hall–Kier alpha value is -3.41. The molecule has 0 bridgehead atoms. The molecule has 1 amide bonds. The molecule has 1 aliphatic heterocycles. The van der Waals surface area contributed by atoms with Gasteiger partial charge in [-0.15, -0.1) is 0 Å². The number of hydrogen-bond donors (Lipinski definition) is 1. The number of esters is 1. The molecule has 1 saturated heterocycles. The number of nitriles is 1. The molecule has 0 atom stereocenters. The molecule has 9 nitrogen and oxygen atoms in total. The van der Waals surface area contributed by atoms with Crippen molar-refractivity contribution in [3.8, 4) is 6.07 Å². The van der Waals surface area contributed by atoms with Gasteiger partial charge in [0.25, 0.3) is 0 Å². The predicted molar refractivity (Wildman–Crippen MR) is 105 cm³/mol. The van der Waals surface area contributed by atoms with Crippen molar-refractivity contribution in [2.45, 2.75) is 33.6 Å². The van der Waals surface area contributed by atoms with E-state index in [4.69, 9.17) is 4.42 Å². The number of methoxy groups -OCH3 is 1. The van der Waals surface area contributed by atoms with E-state index in [2.05, 4.69) is 24.9 Å². The molecule has 1 N–H and O–H groups in total. The Balaban J connectivity index is 1.68. The number of amides is 1. The number of piperidine rings is 1. The van der Waals surface area contributed by atoms with Crippen LogP contribution in [0.25, 0.3) is 0 Å². The van der Waals surface area contributed by atoms with Crippen molar-refractivity contribution in [1.29, 1.82) is 5.26 Å². The number of carbonyl (C=O) groups excluding carboxylic acids is 2. The second-order valence-corrected chi connectivity index (χ2v) is 7.04. The van der Waals surface area contributed by atoms with Gasteiger partial charge in [-0.2, -0.15) is 5.26 Å². The lowest BCUT2D eigenvalue weighted by Gasteiger charge is -2.31. The lowest BCUT2D eigenvalue weighted by Crippen LogP contribution is -2.39. The molecule has 29 heavy (non-hydrogen) atoms. The first kappa shape index (κ1) is 20.3. The molecule has 9 heteroatoms. The predicted octanol–water partition coefficient (Wildman–Crippen LogP) is 2.51. The molecule has 152 valence electrons. The summed E-state index contributed by atoms with van der Waals surface area (Å²) in [6, 6.07) is 3.83. The van der Waals surface area contributed by atoms with Gasteiger partial charge in [0.1, 0.15) is 23.0 Å². The van der Waals surface area contributed by atoms with Crippen LogP contribution in [-0.2, 0) is 9.53 Å². The molecule has 2 aromatic heterocycles. The number of furan rings is 1. The van der Waals surface area contributed by atoms with E-state index >= 15 is 0 Å². The molecule has 0 aliphatic carbocycles. The van der Waals surface area contributed by atoms with Gasteiger partial charge in [-0.3, -0.25) is 10.1 Å². The molecule has 0 aromatic carbocycles. The first-order chi connectivity index (χ1) is 13.8. The lowest BCUT2D eigenvalue weighted by atomic mass is 9.96. The van der Waals surface area contributed by atoms with Gasteiger partial charge in [0, 0.05) is 30.4 Å². The number of nitrogens with one attached hydrogen (secondary N) is 1. The fraction of sp³-hybridized carbons (Fsp3) is 0.450. The number of anilines is 2. The molecule has 3 rings (SSSR count). The van der Waals surface area contributed by atoms with E-state index in [0.29, 0.717) is 31.9 Å². The Kier molecular flexibility index (Phi) is 5.82. The van der Waals surface area contributed by atoms with E-state index in [-0.39, 0.29) is 34.6 Å². The smallest absolute Gasteiger partial charge is 0.342 e. The minimum Gasteiger partial charge on any atom is -0.465 e. The Morgan fingerprint density at radius 3 is 2.41 bits per heavy atom. The highest BCUT2D eigenvalue weighted by atomic mass is 16.5. The average Bonchev–Trinajstić information content (AvgIpc) is 3.01. The van der Waals surface area contributed by atoms with Gasteiger partial charge in [-0.05, 0) is 39.7 Å². The number of carbonyl (C=O) groups is 2. The fourth-order valence-electron chi connectivity index (χ4n) is 3.49. The Morgan fingerprint density at radius 2 is 1.86 bits per heavy atom. The van der Waals surface area contributed by atoms with Crippen LogP contribution < -0.4 is 10.2 Å². The monoisotopic (exact) mass is 397 g/mol. The summed E-state index contributed by atoms with van der Waals surface area (Å²) < 4.78 is 10.1. The van der Waals surface area contributed by atoms with Crippen molar-refractivity contribution in [3.63, 3.8) is 0 Å². The molecule has 0 unspecified atom stereocenters. The van der Waals surface area contributed by atoms with Crippen LogP contribution in [0.4, 0.5) is 11.8 Å². The number of rotatable bonds is 4. The first-order valence-corrected chi connectivity index (χ1v) is 9.34. The molecular weight excluding hydrogens is 374 g/mol. The third-order valence-electron chi connectivity index (χ3n) is 4.94. The lowest BCUT2D eigenvalue weighted by molar-refractivity contribution is -0.120. The molecule has 1 aliphatic rings. The van der Waals surface area contributed by atoms with Crippen LogP contribution >= 0.6 is 0 Å². The van der Waals surface area contributed by atoms with Crippen molar-refractivity contribution in [2.75, 3.05) is 30.4 Å². The topological polar surface area (TPSA) is 121 Å². The third kappa shape index (κ3) is 4.21. The van der Waals surface area contributed by atoms with E-state index in [0.717, 1.165) is 11.4 Å². The number of aryl methyl sites for hydroxylation is 3. The third-order valence-corrected chi connectivity index (χ3v) is 4.94. The molecule has 1 fully saturated rings. The summed E-state index contributed by atoms with van der Waals surface area (Å²) in [5.74, 6) is -0.271. The Labute approximate surface area is 168 Å². The van der Waals surface area contributed by atoms with Crippen LogP contribution in [0.3, 0.4) is 0 Å². The number of hydrogen-bond acceptors (Lipinski definition) is 8. The highest BCUT2D eigenvalue weighted by molar-refractivity contribution is 5.98. The van der Waals surface area contributed by atoms with E-state index in [1.807, 2.05) is 26.0 Å². The summed E-state index contributed by atoms with van der Waals surface area (Å²) in [6.07, 6.45) is 1.24. The average molecular weight is 397 g/mol. The van der Waals surface area contributed by atoms with E-state index in [1.165, 1.54) is 7.11 Å². The largest absolute Gasteiger partial charge is 0.465 e. The van der Waals surface area contributed by atoms with Gasteiger partial charge in [-0.25, -0.2) is 14.8 Å². The van der Waals surface area contributed by atoms with E-state index < -0.39 is 5.97 Å². The highest BCUT2D eigenvalue weighted by Crippen LogP contribution is 2.29. The van der Waals surface area contributed by atoms with Crippen molar-refractivity contribution in [1.82, 2.24) is 9.97 Å². The fourth-order valence-corrected chi connectivity index (χ4v) is 3.49. The molecule has 0 radical (unpaired) electrons. The number of nitrogens with zero attached hydrogens (tertiary/aromatic N) is 4. The summed E-state index contributed by atoms with van der Waals surface area (Å²) in [5, 5.41) is 12.1. The summed E-state index contributed by atoms with van der Waals surface area (Å²) in [7, 11) is 1.22.